The Morgan fingerprint density at radius 3 is 2.00 bits per heavy atom. The number of rotatable bonds is 8. The van der Waals surface area contributed by atoms with Gasteiger partial charge in [0, 0.05) is 6.54 Å². The molecule has 5 nitrogen and oxygen atoms in total. The second-order valence-electron chi connectivity index (χ2n) is 6.61. The number of nitrogens with zero attached hydrogens (tertiary/aromatic N) is 1. The molecule has 0 spiro atoms. The quantitative estimate of drug-likeness (QED) is 0.687. The number of carboxylic acids is 1. The summed E-state index contributed by atoms with van der Waals surface area (Å²) in [6, 6.07) is 0. The van der Waals surface area contributed by atoms with Crippen LogP contribution in [0.15, 0.2) is 0 Å². The molecule has 0 bridgehead atoms. The van der Waals surface area contributed by atoms with E-state index in [2.05, 4.69) is 6.92 Å². The minimum Gasteiger partial charge on any atom is -0.480 e. The van der Waals surface area contributed by atoms with E-state index in [0.29, 0.717) is 13.0 Å². The van der Waals surface area contributed by atoms with Gasteiger partial charge in [-0.2, -0.15) is 0 Å². The first-order chi connectivity index (χ1) is 9.58. The van der Waals surface area contributed by atoms with Crippen LogP contribution in [0.3, 0.4) is 0 Å². The summed E-state index contributed by atoms with van der Waals surface area (Å²) < 4.78 is 5.34. The van der Waals surface area contributed by atoms with Crippen molar-refractivity contribution in [3.63, 3.8) is 0 Å². The number of likely N-dealkylation sites (N-methyl/N-ethyl adjacent to an activating group) is 1. The number of aliphatic carboxylic acids is 1. The van der Waals surface area contributed by atoms with Gasteiger partial charge in [0.25, 0.3) is 0 Å². The predicted octanol–water partition coefficient (Wildman–Crippen LogP) is 4.06. The largest absolute Gasteiger partial charge is 0.480 e. The van der Waals surface area contributed by atoms with Gasteiger partial charge in [0.1, 0.15) is 11.1 Å². The number of carbonyl (C=O) groups excluding carboxylic acids is 1. The zero-order valence-corrected chi connectivity index (χ0v) is 14.4. The summed E-state index contributed by atoms with van der Waals surface area (Å²) in [6.07, 6.45) is 3.81. The Morgan fingerprint density at radius 2 is 1.62 bits per heavy atom. The minimum absolute atomic E-state index is 0.311. The lowest BCUT2D eigenvalue weighted by Gasteiger charge is -2.38. The molecular weight excluding hydrogens is 270 g/mol. The first-order valence-electron chi connectivity index (χ1n) is 7.82. The molecule has 21 heavy (non-hydrogen) atoms. The van der Waals surface area contributed by atoms with E-state index in [1.165, 1.54) is 4.90 Å². The van der Waals surface area contributed by atoms with E-state index in [4.69, 9.17) is 4.74 Å². The third-order valence-electron chi connectivity index (χ3n) is 3.50. The topological polar surface area (TPSA) is 66.8 Å². The summed E-state index contributed by atoms with van der Waals surface area (Å²) in [5.74, 6) is -0.980. The number of carbonyl (C=O) groups is 2. The second-order valence-corrected chi connectivity index (χ2v) is 6.61. The summed E-state index contributed by atoms with van der Waals surface area (Å²) in [7, 11) is 0. The Morgan fingerprint density at radius 1 is 1.05 bits per heavy atom. The standard InChI is InChI=1S/C16H31NO4/c1-7-9-10-11-12-16(6,13(18)19)17(8-2)14(20)21-15(3,4)5/h7-12H2,1-6H3,(H,18,19). The molecule has 0 aromatic rings. The fourth-order valence-corrected chi connectivity index (χ4v) is 2.25. The average molecular weight is 301 g/mol. The van der Waals surface area contributed by atoms with Crippen LogP contribution in [0.25, 0.3) is 0 Å². The highest BCUT2D eigenvalue weighted by Gasteiger charge is 2.42. The molecule has 0 aliphatic rings. The van der Waals surface area contributed by atoms with Gasteiger partial charge in [-0.15, -0.1) is 0 Å². The van der Waals surface area contributed by atoms with Crippen molar-refractivity contribution in [2.75, 3.05) is 6.54 Å². The zero-order chi connectivity index (χ0) is 16.7. The van der Waals surface area contributed by atoms with Gasteiger partial charge in [0.2, 0.25) is 0 Å². The van der Waals surface area contributed by atoms with Crippen LogP contribution in [-0.4, -0.2) is 39.8 Å². The molecule has 5 heteroatoms. The molecule has 0 aromatic heterocycles. The number of carboxylic acid groups (broad SMARTS) is 1. The smallest absolute Gasteiger partial charge is 0.411 e. The highest BCUT2D eigenvalue weighted by Crippen LogP contribution is 2.25. The molecule has 0 aliphatic carbocycles. The molecule has 0 heterocycles. The number of hydrogen-bond donors (Lipinski definition) is 1. The fraction of sp³-hybridized carbons (Fsp3) is 0.875. The fourth-order valence-electron chi connectivity index (χ4n) is 2.25. The molecule has 124 valence electrons. The highest BCUT2D eigenvalue weighted by molar-refractivity contribution is 5.84. The molecule has 0 aliphatic heterocycles. The van der Waals surface area contributed by atoms with Crippen molar-refractivity contribution in [3.05, 3.63) is 0 Å². The maximum Gasteiger partial charge on any atom is 0.411 e. The normalized spacial score (nSPS) is 14.4. The Hall–Kier alpha value is -1.26. The van der Waals surface area contributed by atoms with Crippen LogP contribution in [0, 0.1) is 0 Å². The lowest BCUT2D eigenvalue weighted by Crippen LogP contribution is -2.56. The van der Waals surface area contributed by atoms with Gasteiger partial charge < -0.3 is 9.84 Å². The Labute approximate surface area is 128 Å². The number of hydrogen-bond acceptors (Lipinski definition) is 3. The number of amides is 1. The average Bonchev–Trinajstić information content (AvgIpc) is 2.33. The van der Waals surface area contributed by atoms with E-state index in [1.54, 1.807) is 34.6 Å². The van der Waals surface area contributed by atoms with Crippen LogP contribution in [0.1, 0.15) is 73.6 Å². The van der Waals surface area contributed by atoms with Crippen molar-refractivity contribution in [1.82, 2.24) is 4.90 Å². The molecule has 0 saturated carbocycles. The van der Waals surface area contributed by atoms with Crippen molar-refractivity contribution < 1.29 is 19.4 Å². The Balaban J connectivity index is 5.01. The lowest BCUT2D eigenvalue weighted by molar-refractivity contribution is -0.150. The summed E-state index contributed by atoms with van der Waals surface area (Å²) in [4.78, 5) is 25.3. The molecular formula is C16H31NO4. The maximum absolute atomic E-state index is 12.3. The molecule has 1 N–H and O–H groups in total. The monoisotopic (exact) mass is 301 g/mol. The highest BCUT2D eigenvalue weighted by atomic mass is 16.6. The van der Waals surface area contributed by atoms with E-state index in [-0.39, 0.29) is 0 Å². The molecule has 1 unspecified atom stereocenters. The van der Waals surface area contributed by atoms with E-state index in [9.17, 15) is 14.7 Å². The van der Waals surface area contributed by atoms with Crippen molar-refractivity contribution in [1.29, 1.82) is 0 Å². The van der Waals surface area contributed by atoms with Crippen LogP contribution in [0.4, 0.5) is 4.79 Å². The zero-order valence-electron chi connectivity index (χ0n) is 14.4. The van der Waals surface area contributed by atoms with E-state index in [0.717, 1.165) is 25.7 Å². The van der Waals surface area contributed by atoms with Crippen LogP contribution >= 0.6 is 0 Å². The minimum atomic E-state index is -1.22. The van der Waals surface area contributed by atoms with Crippen LogP contribution < -0.4 is 0 Å². The number of unbranched alkanes of at least 4 members (excludes halogenated alkanes) is 3. The van der Waals surface area contributed by atoms with E-state index >= 15 is 0 Å². The molecule has 1 atom stereocenters. The van der Waals surface area contributed by atoms with Crippen molar-refractivity contribution in [3.8, 4) is 0 Å². The summed E-state index contributed by atoms with van der Waals surface area (Å²) in [5, 5.41) is 9.59. The summed E-state index contributed by atoms with van der Waals surface area (Å²) in [5.41, 5.74) is -1.85. The third-order valence-corrected chi connectivity index (χ3v) is 3.50. The number of ether oxygens (including phenoxy) is 1. The Bertz CT molecular complexity index is 349. The van der Waals surface area contributed by atoms with E-state index < -0.39 is 23.2 Å². The van der Waals surface area contributed by atoms with Crippen molar-refractivity contribution in [2.24, 2.45) is 0 Å². The van der Waals surface area contributed by atoms with Gasteiger partial charge in [-0.05, 0) is 41.0 Å². The van der Waals surface area contributed by atoms with Gasteiger partial charge in [0.05, 0.1) is 0 Å². The first kappa shape index (κ1) is 19.7. The van der Waals surface area contributed by atoms with Crippen molar-refractivity contribution in [2.45, 2.75) is 84.8 Å². The molecule has 0 aromatic carbocycles. The van der Waals surface area contributed by atoms with Crippen LogP contribution in [0.2, 0.25) is 0 Å². The second kappa shape index (κ2) is 8.25. The van der Waals surface area contributed by atoms with Crippen LogP contribution in [-0.2, 0) is 9.53 Å². The Kier molecular flexibility index (Phi) is 7.75. The third kappa shape index (κ3) is 6.36. The summed E-state index contributed by atoms with van der Waals surface area (Å²) in [6.45, 7) is 11.1. The molecule has 0 radical (unpaired) electrons. The molecule has 1 amide bonds. The molecule has 0 saturated heterocycles. The SMILES string of the molecule is CCCCCCC(C)(C(=O)O)N(CC)C(=O)OC(C)(C)C. The van der Waals surface area contributed by atoms with Gasteiger partial charge in [-0.25, -0.2) is 9.59 Å². The lowest BCUT2D eigenvalue weighted by atomic mass is 9.92. The molecule has 0 rings (SSSR count). The predicted molar refractivity (Wildman–Crippen MR) is 83.4 cm³/mol. The van der Waals surface area contributed by atoms with Gasteiger partial charge in [0.15, 0.2) is 0 Å². The van der Waals surface area contributed by atoms with E-state index in [1.807, 2.05) is 0 Å². The summed E-state index contributed by atoms with van der Waals surface area (Å²) >= 11 is 0. The van der Waals surface area contributed by atoms with Gasteiger partial charge >= 0.3 is 12.1 Å². The molecule has 0 fully saturated rings. The first-order valence-corrected chi connectivity index (χ1v) is 7.82. The van der Waals surface area contributed by atoms with Gasteiger partial charge in [-0.3, -0.25) is 4.90 Å². The van der Waals surface area contributed by atoms with Crippen molar-refractivity contribution >= 4 is 12.1 Å². The van der Waals surface area contributed by atoms with Gasteiger partial charge in [-0.1, -0.05) is 32.6 Å². The van der Waals surface area contributed by atoms with Crippen LogP contribution in [0.5, 0.6) is 0 Å². The maximum atomic E-state index is 12.3.